The van der Waals surface area contributed by atoms with Crippen molar-refractivity contribution in [1.82, 2.24) is 4.98 Å². The van der Waals surface area contributed by atoms with E-state index in [9.17, 15) is 0 Å². The standard InChI is InChI=1S/C12H9Cl2NS/c13-10-3-1-9(2-4-10)8-16-11-5-6-15-12(14)7-11/h1-7H,8H2. The predicted octanol–water partition coefficient (Wildman–Crippen LogP) is 4.68. The Morgan fingerprint density at radius 3 is 2.50 bits per heavy atom. The van der Waals surface area contributed by atoms with Gasteiger partial charge in [0, 0.05) is 21.9 Å². The van der Waals surface area contributed by atoms with Crippen LogP contribution in [-0.2, 0) is 5.75 Å². The zero-order valence-corrected chi connectivity index (χ0v) is 10.7. The van der Waals surface area contributed by atoms with Gasteiger partial charge in [-0.25, -0.2) is 4.98 Å². The molecule has 0 saturated heterocycles. The molecule has 0 N–H and O–H groups in total. The Balaban J connectivity index is 1.99. The van der Waals surface area contributed by atoms with E-state index in [2.05, 4.69) is 4.98 Å². The molecule has 1 aromatic carbocycles. The number of aromatic nitrogens is 1. The highest BCUT2D eigenvalue weighted by Gasteiger charge is 1.98. The van der Waals surface area contributed by atoms with Crippen molar-refractivity contribution >= 4 is 35.0 Å². The molecule has 2 aromatic rings. The van der Waals surface area contributed by atoms with Crippen molar-refractivity contribution in [2.24, 2.45) is 0 Å². The lowest BCUT2D eigenvalue weighted by Crippen LogP contribution is -1.81. The molecule has 1 heterocycles. The van der Waals surface area contributed by atoms with Crippen LogP contribution in [0.2, 0.25) is 10.2 Å². The van der Waals surface area contributed by atoms with Crippen LogP contribution in [0.4, 0.5) is 0 Å². The number of hydrogen-bond donors (Lipinski definition) is 0. The first-order valence-electron chi connectivity index (χ1n) is 4.73. The van der Waals surface area contributed by atoms with Gasteiger partial charge in [-0.3, -0.25) is 0 Å². The molecule has 0 aliphatic carbocycles. The highest BCUT2D eigenvalue weighted by atomic mass is 35.5. The smallest absolute Gasteiger partial charge is 0.130 e. The van der Waals surface area contributed by atoms with Crippen LogP contribution in [-0.4, -0.2) is 4.98 Å². The monoisotopic (exact) mass is 269 g/mol. The molecule has 0 bridgehead atoms. The van der Waals surface area contributed by atoms with E-state index >= 15 is 0 Å². The van der Waals surface area contributed by atoms with Crippen LogP contribution in [0.25, 0.3) is 0 Å². The van der Waals surface area contributed by atoms with Crippen molar-refractivity contribution in [1.29, 1.82) is 0 Å². The fraction of sp³-hybridized carbons (Fsp3) is 0.0833. The summed E-state index contributed by atoms with van der Waals surface area (Å²) in [6, 6.07) is 11.7. The van der Waals surface area contributed by atoms with Crippen molar-refractivity contribution in [2.75, 3.05) is 0 Å². The molecule has 0 amide bonds. The van der Waals surface area contributed by atoms with E-state index in [4.69, 9.17) is 23.2 Å². The van der Waals surface area contributed by atoms with E-state index < -0.39 is 0 Å². The number of halogens is 2. The zero-order valence-electron chi connectivity index (χ0n) is 8.36. The number of thioether (sulfide) groups is 1. The van der Waals surface area contributed by atoms with Crippen LogP contribution in [0.15, 0.2) is 47.5 Å². The average molecular weight is 270 g/mol. The van der Waals surface area contributed by atoms with Crippen LogP contribution >= 0.6 is 35.0 Å². The summed E-state index contributed by atoms with van der Waals surface area (Å²) >= 11 is 13.3. The molecule has 0 unspecified atom stereocenters. The first-order valence-corrected chi connectivity index (χ1v) is 6.47. The fourth-order valence-electron chi connectivity index (χ4n) is 1.22. The lowest BCUT2D eigenvalue weighted by atomic mass is 10.2. The lowest BCUT2D eigenvalue weighted by Gasteiger charge is -2.02. The lowest BCUT2D eigenvalue weighted by molar-refractivity contribution is 1.26. The predicted molar refractivity (Wildman–Crippen MR) is 70.3 cm³/mol. The summed E-state index contributed by atoms with van der Waals surface area (Å²) in [4.78, 5) is 5.06. The molecule has 4 heteroatoms. The minimum atomic E-state index is 0.529. The van der Waals surface area contributed by atoms with Gasteiger partial charge in [-0.2, -0.15) is 0 Å². The molecule has 1 nitrogen and oxygen atoms in total. The number of benzene rings is 1. The van der Waals surface area contributed by atoms with Gasteiger partial charge in [-0.1, -0.05) is 35.3 Å². The van der Waals surface area contributed by atoms with Gasteiger partial charge in [0.1, 0.15) is 5.15 Å². The first-order chi connectivity index (χ1) is 7.74. The second-order valence-electron chi connectivity index (χ2n) is 3.23. The number of rotatable bonds is 3. The maximum atomic E-state index is 5.82. The molecule has 0 aliphatic heterocycles. The van der Waals surface area contributed by atoms with E-state index in [-0.39, 0.29) is 0 Å². The van der Waals surface area contributed by atoms with Gasteiger partial charge < -0.3 is 0 Å². The van der Waals surface area contributed by atoms with Crippen LogP contribution in [0.5, 0.6) is 0 Å². The van der Waals surface area contributed by atoms with Crippen molar-refractivity contribution < 1.29 is 0 Å². The van der Waals surface area contributed by atoms with Gasteiger partial charge in [0.25, 0.3) is 0 Å². The van der Waals surface area contributed by atoms with E-state index in [1.165, 1.54) is 5.56 Å². The molecule has 82 valence electrons. The number of nitrogens with zero attached hydrogens (tertiary/aromatic N) is 1. The average Bonchev–Trinajstić information content (AvgIpc) is 2.28. The van der Waals surface area contributed by atoms with Gasteiger partial charge in [-0.15, -0.1) is 11.8 Å². The topological polar surface area (TPSA) is 12.9 Å². The summed E-state index contributed by atoms with van der Waals surface area (Å²) in [7, 11) is 0. The SMILES string of the molecule is Clc1ccc(CSc2ccnc(Cl)c2)cc1. The van der Waals surface area contributed by atoms with Crippen LogP contribution in [0.3, 0.4) is 0 Å². The molecular weight excluding hydrogens is 261 g/mol. The van der Waals surface area contributed by atoms with Crippen LogP contribution in [0.1, 0.15) is 5.56 Å². The third kappa shape index (κ3) is 3.41. The van der Waals surface area contributed by atoms with Crippen molar-refractivity contribution in [3.05, 3.63) is 58.3 Å². The molecule has 0 aliphatic rings. The van der Waals surface area contributed by atoms with E-state index in [0.717, 1.165) is 15.7 Å². The summed E-state index contributed by atoms with van der Waals surface area (Å²) < 4.78 is 0. The summed E-state index contributed by atoms with van der Waals surface area (Å²) in [5.41, 5.74) is 1.24. The van der Waals surface area contributed by atoms with Gasteiger partial charge in [0.15, 0.2) is 0 Å². The molecule has 0 radical (unpaired) electrons. The highest BCUT2D eigenvalue weighted by molar-refractivity contribution is 7.98. The van der Waals surface area contributed by atoms with Gasteiger partial charge in [-0.05, 0) is 29.8 Å². The molecule has 0 saturated carbocycles. The maximum Gasteiger partial charge on any atom is 0.130 e. The van der Waals surface area contributed by atoms with Gasteiger partial charge in [0.05, 0.1) is 0 Å². The molecule has 1 aromatic heterocycles. The third-order valence-electron chi connectivity index (χ3n) is 2.02. The zero-order chi connectivity index (χ0) is 11.4. The summed E-state index contributed by atoms with van der Waals surface area (Å²) in [6.45, 7) is 0. The molecule has 0 fully saturated rings. The van der Waals surface area contributed by atoms with E-state index in [1.807, 2.05) is 36.4 Å². The summed E-state index contributed by atoms with van der Waals surface area (Å²) in [6.07, 6.45) is 1.71. The first kappa shape index (κ1) is 11.8. The Morgan fingerprint density at radius 2 is 1.81 bits per heavy atom. The second kappa shape index (κ2) is 5.58. The van der Waals surface area contributed by atoms with Crippen molar-refractivity contribution in [2.45, 2.75) is 10.6 Å². The van der Waals surface area contributed by atoms with E-state index in [1.54, 1.807) is 18.0 Å². The number of pyridine rings is 1. The van der Waals surface area contributed by atoms with Crippen molar-refractivity contribution in [3.8, 4) is 0 Å². The maximum absolute atomic E-state index is 5.82. The largest absolute Gasteiger partial charge is 0.244 e. The second-order valence-corrected chi connectivity index (χ2v) is 5.10. The normalized spacial score (nSPS) is 10.4. The summed E-state index contributed by atoms with van der Waals surface area (Å²) in [5, 5.41) is 1.29. The van der Waals surface area contributed by atoms with Gasteiger partial charge >= 0.3 is 0 Å². The Morgan fingerprint density at radius 1 is 1.06 bits per heavy atom. The highest BCUT2D eigenvalue weighted by Crippen LogP contribution is 2.24. The van der Waals surface area contributed by atoms with Crippen LogP contribution in [0, 0.1) is 0 Å². The minimum absolute atomic E-state index is 0.529. The Kier molecular flexibility index (Phi) is 4.10. The van der Waals surface area contributed by atoms with Crippen LogP contribution < -0.4 is 0 Å². The molecule has 0 atom stereocenters. The Labute approximate surface area is 109 Å². The molecule has 16 heavy (non-hydrogen) atoms. The van der Waals surface area contributed by atoms with Gasteiger partial charge in [0.2, 0.25) is 0 Å². The molecule has 2 rings (SSSR count). The Bertz CT molecular complexity index is 471. The Hall–Kier alpha value is -0.700. The minimum Gasteiger partial charge on any atom is -0.244 e. The van der Waals surface area contributed by atoms with E-state index in [0.29, 0.717) is 5.15 Å². The number of hydrogen-bond acceptors (Lipinski definition) is 2. The summed E-state index contributed by atoms with van der Waals surface area (Å²) in [5.74, 6) is 0.900. The van der Waals surface area contributed by atoms with Crippen molar-refractivity contribution in [3.63, 3.8) is 0 Å². The molecular formula is C12H9Cl2NS. The fourth-order valence-corrected chi connectivity index (χ4v) is 2.46. The quantitative estimate of drug-likeness (QED) is 0.593. The third-order valence-corrected chi connectivity index (χ3v) is 3.54. The molecule has 0 spiro atoms.